The molecular weight excluding hydrogens is 307 g/mol. The van der Waals surface area contributed by atoms with Crippen LogP contribution in [-0.2, 0) is 0 Å². The molecule has 16 heavy (non-hydrogen) atoms. The zero-order valence-electron chi connectivity index (χ0n) is 10.8. The molecular formula is C15H27I. The average molecular weight is 334 g/mol. The van der Waals surface area contributed by atoms with Gasteiger partial charge in [0.15, 0.2) is 0 Å². The summed E-state index contributed by atoms with van der Waals surface area (Å²) in [6.07, 6.45) is 21.1. The molecule has 0 radical (unpaired) electrons. The molecule has 0 aromatic rings. The Morgan fingerprint density at radius 1 is 0.750 bits per heavy atom. The predicted molar refractivity (Wildman–Crippen MR) is 84.4 cm³/mol. The predicted octanol–water partition coefficient (Wildman–Crippen LogP) is 6.06. The minimum absolute atomic E-state index is 1.21. The molecule has 0 saturated carbocycles. The molecule has 0 rings (SSSR count). The van der Waals surface area contributed by atoms with E-state index >= 15 is 0 Å². The van der Waals surface area contributed by atoms with Crippen LogP contribution < -0.4 is 0 Å². The van der Waals surface area contributed by atoms with Gasteiger partial charge in [0.1, 0.15) is 0 Å². The number of hydrogen-bond acceptors (Lipinski definition) is 0. The van der Waals surface area contributed by atoms with Gasteiger partial charge in [0, 0.05) is 0 Å². The molecule has 0 N–H and O–H groups in total. The first kappa shape index (κ1) is 16.2. The highest BCUT2D eigenvalue weighted by atomic mass is 127. The molecule has 0 fully saturated rings. The van der Waals surface area contributed by atoms with Crippen molar-refractivity contribution in [3.63, 3.8) is 0 Å². The lowest BCUT2D eigenvalue weighted by Gasteiger charge is -1.98. The van der Waals surface area contributed by atoms with E-state index in [0.29, 0.717) is 0 Å². The van der Waals surface area contributed by atoms with Gasteiger partial charge >= 0.3 is 0 Å². The van der Waals surface area contributed by atoms with Crippen molar-refractivity contribution >= 4 is 22.6 Å². The maximum atomic E-state index is 2.46. The van der Waals surface area contributed by atoms with Gasteiger partial charge in [-0.2, -0.15) is 0 Å². The lowest BCUT2D eigenvalue weighted by molar-refractivity contribution is 0.614. The summed E-state index contributed by atoms with van der Waals surface area (Å²) in [4.78, 5) is 0. The molecule has 1 heteroatoms. The summed E-state index contributed by atoms with van der Waals surface area (Å²) in [6.45, 7) is 2.21. The molecule has 94 valence electrons. The zero-order valence-corrected chi connectivity index (χ0v) is 12.9. The fourth-order valence-corrected chi connectivity index (χ4v) is 2.12. The average Bonchev–Trinajstić information content (AvgIpc) is 2.31. The summed E-state index contributed by atoms with van der Waals surface area (Å²) < 4.78 is 1.32. The second kappa shape index (κ2) is 15.2. The first-order valence-electron chi connectivity index (χ1n) is 6.79. The molecule has 0 aromatic carbocycles. The van der Waals surface area contributed by atoms with Gasteiger partial charge < -0.3 is 0 Å². The molecule has 0 nitrogen and oxygen atoms in total. The van der Waals surface area contributed by atoms with Crippen LogP contribution in [0.15, 0.2) is 24.3 Å². The van der Waals surface area contributed by atoms with E-state index in [9.17, 15) is 0 Å². The standard InChI is InChI=1S/C15H27I/c1-2-3-4-5-6-7-8-9-10-11-12-13-14-15-16/h4-7H,2-3,8-15H2,1H3. The number of unbranched alkanes of at least 4 members (excludes halogenated alkanes) is 7. The Morgan fingerprint density at radius 3 is 1.94 bits per heavy atom. The fraction of sp³-hybridized carbons (Fsp3) is 0.733. The largest absolute Gasteiger partial charge is 0.0864 e. The molecule has 0 aliphatic heterocycles. The van der Waals surface area contributed by atoms with Crippen LogP contribution in [-0.4, -0.2) is 4.43 Å². The fourth-order valence-electron chi connectivity index (χ4n) is 1.58. The normalized spacial score (nSPS) is 11.9. The monoisotopic (exact) mass is 334 g/mol. The van der Waals surface area contributed by atoms with Gasteiger partial charge in [-0.05, 0) is 30.1 Å². The third-order valence-electron chi connectivity index (χ3n) is 2.59. The Balaban J connectivity index is 3.08. The molecule has 0 aliphatic carbocycles. The maximum Gasteiger partial charge on any atom is -0.000473 e. The van der Waals surface area contributed by atoms with Crippen LogP contribution in [0.5, 0.6) is 0 Å². The Hall–Kier alpha value is 0.210. The summed E-state index contributed by atoms with van der Waals surface area (Å²) in [5.41, 5.74) is 0. The van der Waals surface area contributed by atoms with Crippen LogP contribution in [0.2, 0.25) is 0 Å². The molecule has 0 atom stereocenters. The van der Waals surface area contributed by atoms with Crippen molar-refractivity contribution in [2.24, 2.45) is 0 Å². The van der Waals surface area contributed by atoms with E-state index in [2.05, 4.69) is 53.8 Å². The Labute approximate surface area is 116 Å². The maximum absolute atomic E-state index is 2.46. The zero-order chi connectivity index (χ0) is 11.9. The molecule has 0 aromatic heterocycles. The van der Waals surface area contributed by atoms with E-state index in [0.717, 1.165) is 0 Å². The van der Waals surface area contributed by atoms with E-state index in [1.54, 1.807) is 0 Å². The smallest absolute Gasteiger partial charge is 0.000473 e. The minimum Gasteiger partial charge on any atom is -0.0864 e. The first-order chi connectivity index (χ1) is 7.91. The van der Waals surface area contributed by atoms with Crippen molar-refractivity contribution < 1.29 is 0 Å². The Kier molecular flexibility index (Phi) is 15.4. The summed E-state index contributed by atoms with van der Waals surface area (Å²) in [5, 5.41) is 0. The molecule has 0 spiro atoms. The topological polar surface area (TPSA) is 0 Å². The van der Waals surface area contributed by atoms with Gasteiger partial charge in [0.2, 0.25) is 0 Å². The van der Waals surface area contributed by atoms with Gasteiger partial charge in [-0.15, -0.1) is 0 Å². The van der Waals surface area contributed by atoms with Gasteiger partial charge in [-0.3, -0.25) is 0 Å². The lowest BCUT2D eigenvalue weighted by Crippen LogP contribution is -1.79. The molecule has 0 amide bonds. The number of alkyl halides is 1. The van der Waals surface area contributed by atoms with Crippen molar-refractivity contribution in [1.29, 1.82) is 0 Å². The van der Waals surface area contributed by atoms with Crippen LogP contribution >= 0.6 is 22.6 Å². The van der Waals surface area contributed by atoms with E-state index in [1.165, 1.54) is 62.2 Å². The molecule has 0 aliphatic rings. The number of allylic oxidation sites excluding steroid dienone is 4. The number of hydrogen-bond donors (Lipinski definition) is 0. The minimum atomic E-state index is 1.21. The van der Waals surface area contributed by atoms with Crippen LogP contribution in [0.4, 0.5) is 0 Å². The second-order valence-electron chi connectivity index (χ2n) is 4.24. The number of halogens is 1. The molecule has 0 saturated heterocycles. The first-order valence-corrected chi connectivity index (χ1v) is 8.32. The van der Waals surface area contributed by atoms with Crippen molar-refractivity contribution in [1.82, 2.24) is 0 Å². The summed E-state index contributed by atoms with van der Waals surface area (Å²) in [6, 6.07) is 0. The highest BCUT2D eigenvalue weighted by Gasteiger charge is 1.89. The number of rotatable bonds is 11. The van der Waals surface area contributed by atoms with Crippen LogP contribution in [0, 0.1) is 0 Å². The molecule has 0 unspecified atom stereocenters. The van der Waals surface area contributed by atoms with Crippen LogP contribution in [0.1, 0.15) is 64.7 Å². The van der Waals surface area contributed by atoms with Crippen molar-refractivity contribution in [2.75, 3.05) is 4.43 Å². The van der Waals surface area contributed by atoms with E-state index < -0.39 is 0 Å². The van der Waals surface area contributed by atoms with Crippen molar-refractivity contribution in [3.05, 3.63) is 24.3 Å². The highest BCUT2D eigenvalue weighted by molar-refractivity contribution is 14.1. The van der Waals surface area contributed by atoms with E-state index in [4.69, 9.17) is 0 Å². The van der Waals surface area contributed by atoms with Crippen LogP contribution in [0.25, 0.3) is 0 Å². The van der Waals surface area contributed by atoms with Gasteiger partial charge in [-0.25, -0.2) is 0 Å². The molecule has 0 bridgehead atoms. The third kappa shape index (κ3) is 14.2. The van der Waals surface area contributed by atoms with Gasteiger partial charge in [0.05, 0.1) is 0 Å². The highest BCUT2D eigenvalue weighted by Crippen LogP contribution is 2.08. The Bertz CT molecular complexity index is 170. The summed E-state index contributed by atoms with van der Waals surface area (Å²) >= 11 is 2.46. The van der Waals surface area contributed by atoms with Crippen molar-refractivity contribution in [2.45, 2.75) is 64.7 Å². The summed E-state index contributed by atoms with van der Waals surface area (Å²) in [7, 11) is 0. The Morgan fingerprint density at radius 2 is 1.31 bits per heavy atom. The van der Waals surface area contributed by atoms with Gasteiger partial charge in [-0.1, -0.05) is 85.9 Å². The van der Waals surface area contributed by atoms with E-state index in [1.807, 2.05) is 0 Å². The lowest BCUT2D eigenvalue weighted by atomic mass is 10.1. The third-order valence-corrected chi connectivity index (χ3v) is 3.36. The SMILES string of the molecule is CCCC=CC=CCCCCCCCCI. The van der Waals surface area contributed by atoms with Crippen molar-refractivity contribution in [3.8, 4) is 0 Å². The van der Waals surface area contributed by atoms with Crippen LogP contribution in [0.3, 0.4) is 0 Å². The molecule has 0 heterocycles. The van der Waals surface area contributed by atoms with Gasteiger partial charge in [0.25, 0.3) is 0 Å². The van der Waals surface area contributed by atoms with E-state index in [-0.39, 0.29) is 0 Å². The summed E-state index contributed by atoms with van der Waals surface area (Å²) in [5.74, 6) is 0. The quantitative estimate of drug-likeness (QED) is 0.186. The second-order valence-corrected chi connectivity index (χ2v) is 5.32.